The fourth-order valence-electron chi connectivity index (χ4n) is 1.65. The van der Waals surface area contributed by atoms with Crippen molar-refractivity contribution in [2.75, 3.05) is 6.73 Å². The molecule has 6 heteroatoms. The van der Waals surface area contributed by atoms with Crippen molar-refractivity contribution in [3.8, 4) is 0 Å². The quantitative estimate of drug-likeness (QED) is 0.282. The lowest BCUT2D eigenvalue weighted by Crippen LogP contribution is -3.00. The molecule has 0 bridgehead atoms. The van der Waals surface area contributed by atoms with Crippen molar-refractivity contribution in [2.45, 2.75) is 0 Å². The van der Waals surface area contributed by atoms with Crippen molar-refractivity contribution in [1.29, 1.82) is 0 Å². The molecule has 0 aliphatic carbocycles. The molecule has 0 aliphatic rings. The molecule has 0 atom stereocenters. The molecule has 0 fully saturated rings. The van der Waals surface area contributed by atoms with Gasteiger partial charge in [-0.25, -0.2) is 9.36 Å². The molecule has 1 amide bonds. The average Bonchev–Trinajstić information content (AvgIpc) is 2.48. The average molecular weight is 398 g/mol. The molecule has 1 aromatic carbocycles. The maximum absolute atomic E-state index is 11.8. The number of nitrogens with zero attached hydrogens (tertiary/aromatic N) is 1. The summed E-state index contributed by atoms with van der Waals surface area (Å²) in [4.78, 5) is 23.4. The van der Waals surface area contributed by atoms with Gasteiger partial charge < -0.3 is 34.0 Å². The highest BCUT2D eigenvalue weighted by molar-refractivity contribution is 5.94. The molecule has 0 saturated carbocycles. The van der Waals surface area contributed by atoms with Gasteiger partial charge in [-0.3, -0.25) is 4.79 Å². The molecule has 1 heterocycles. The Morgan fingerprint density at radius 2 is 1.76 bits per heavy atom. The van der Waals surface area contributed by atoms with E-state index in [0.717, 1.165) is 0 Å². The zero-order valence-electron chi connectivity index (χ0n) is 11.5. The van der Waals surface area contributed by atoms with Gasteiger partial charge in [0.1, 0.15) is 12.6 Å². The molecule has 1 N–H and O–H groups in total. The van der Waals surface area contributed by atoms with E-state index in [-0.39, 0.29) is 36.6 Å². The van der Waals surface area contributed by atoms with Crippen LogP contribution in [0.25, 0.3) is 0 Å². The van der Waals surface area contributed by atoms with Crippen molar-refractivity contribution in [1.82, 2.24) is 5.32 Å². The highest BCUT2D eigenvalue weighted by atomic mass is 127. The summed E-state index contributed by atoms with van der Waals surface area (Å²) >= 11 is 0. The minimum atomic E-state index is -0.468. The lowest BCUT2D eigenvalue weighted by molar-refractivity contribution is -0.671. The molecule has 110 valence electrons. The summed E-state index contributed by atoms with van der Waals surface area (Å²) in [7, 11) is 1.83. The number of aryl methyl sites for hydroxylation is 1. The normalized spacial score (nSPS) is 9.38. The van der Waals surface area contributed by atoms with Crippen LogP contribution in [0.4, 0.5) is 0 Å². The summed E-state index contributed by atoms with van der Waals surface area (Å²) in [6.45, 7) is -0.162. The maximum atomic E-state index is 11.8. The Balaban J connectivity index is 0.00000220. The number of hydrogen-bond acceptors (Lipinski definition) is 3. The minimum Gasteiger partial charge on any atom is -1.00 e. The Morgan fingerprint density at radius 1 is 1.10 bits per heavy atom. The largest absolute Gasteiger partial charge is 1.00 e. The molecule has 0 spiro atoms. The molecule has 0 aliphatic heterocycles. The standard InChI is InChI=1S/C15H14N2O3.HI/c1-17-9-5-8-13(10-17)14(18)16-11-20-15(19)12-6-3-2-4-7-12;/h2-10H,11H2,1H3;1H. The third-order valence-corrected chi connectivity index (χ3v) is 2.65. The molecule has 21 heavy (non-hydrogen) atoms. The van der Waals surface area contributed by atoms with Crippen LogP contribution in [-0.4, -0.2) is 18.6 Å². The molecule has 0 radical (unpaired) electrons. The fourth-order valence-corrected chi connectivity index (χ4v) is 1.65. The SMILES string of the molecule is C[n+]1cccc(C(=O)NCOC(=O)c2ccccc2)c1.[I-]. The zero-order chi connectivity index (χ0) is 14.4. The van der Waals surface area contributed by atoms with E-state index < -0.39 is 5.97 Å². The number of ether oxygens (including phenoxy) is 1. The first-order valence-corrected chi connectivity index (χ1v) is 6.12. The number of pyridine rings is 1. The Bertz CT molecular complexity index is 617. The Kier molecular flexibility index (Phi) is 6.80. The van der Waals surface area contributed by atoms with Gasteiger partial charge in [0.2, 0.25) is 0 Å². The first kappa shape index (κ1) is 17.1. The number of nitrogens with one attached hydrogen (secondary N) is 1. The molecule has 0 unspecified atom stereocenters. The zero-order valence-corrected chi connectivity index (χ0v) is 13.6. The summed E-state index contributed by atoms with van der Waals surface area (Å²) in [6.07, 6.45) is 3.51. The van der Waals surface area contributed by atoms with Gasteiger partial charge in [0.05, 0.1) is 5.56 Å². The lowest BCUT2D eigenvalue weighted by atomic mass is 10.2. The van der Waals surface area contributed by atoms with E-state index in [9.17, 15) is 9.59 Å². The van der Waals surface area contributed by atoms with Crippen molar-refractivity contribution in [2.24, 2.45) is 7.05 Å². The third kappa shape index (κ3) is 5.14. The number of hydrogen-bond donors (Lipinski definition) is 1. The van der Waals surface area contributed by atoms with E-state index >= 15 is 0 Å². The van der Waals surface area contributed by atoms with Gasteiger partial charge in [-0.1, -0.05) is 18.2 Å². The molecular weight excluding hydrogens is 383 g/mol. The monoisotopic (exact) mass is 398 g/mol. The van der Waals surface area contributed by atoms with Crippen molar-refractivity contribution in [3.63, 3.8) is 0 Å². The van der Waals surface area contributed by atoms with Crippen molar-refractivity contribution < 1.29 is 42.9 Å². The number of carbonyl (C=O) groups is 2. The molecule has 2 rings (SSSR count). The molecular formula is C15H15IN2O3. The number of benzene rings is 1. The topological polar surface area (TPSA) is 59.3 Å². The van der Waals surface area contributed by atoms with E-state index in [0.29, 0.717) is 11.1 Å². The van der Waals surface area contributed by atoms with E-state index in [4.69, 9.17) is 4.74 Å². The second-order valence-electron chi connectivity index (χ2n) is 4.21. The molecule has 0 saturated heterocycles. The second kappa shape index (κ2) is 8.35. The second-order valence-corrected chi connectivity index (χ2v) is 4.21. The van der Waals surface area contributed by atoms with Crippen LogP contribution in [-0.2, 0) is 11.8 Å². The van der Waals surface area contributed by atoms with Crippen LogP contribution in [0.5, 0.6) is 0 Å². The predicted octanol–water partition coefficient (Wildman–Crippen LogP) is -1.94. The van der Waals surface area contributed by atoms with Crippen LogP contribution >= 0.6 is 0 Å². The van der Waals surface area contributed by atoms with Crippen LogP contribution in [0.2, 0.25) is 0 Å². The third-order valence-electron chi connectivity index (χ3n) is 2.65. The van der Waals surface area contributed by atoms with Crippen molar-refractivity contribution in [3.05, 3.63) is 66.0 Å². The minimum absolute atomic E-state index is 0. The van der Waals surface area contributed by atoms with Gasteiger partial charge in [0, 0.05) is 6.07 Å². The van der Waals surface area contributed by atoms with E-state index in [1.807, 2.05) is 19.3 Å². The van der Waals surface area contributed by atoms with Gasteiger partial charge in [0.25, 0.3) is 5.91 Å². The number of esters is 1. The van der Waals surface area contributed by atoms with Gasteiger partial charge in [-0.2, -0.15) is 0 Å². The Hall–Kier alpha value is -1.96. The highest BCUT2D eigenvalue weighted by Crippen LogP contribution is 2.00. The number of rotatable bonds is 4. The van der Waals surface area contributed by atoms with E-state index in [2.05, 4.69) is 5.32 Å². The molecule has 5 nitrogen and oxygen atoms in total. The first-order chi connectivity index (χ1) is 9.66. The summed E-state index contributed by atoms with van der Waals surface area (Å²) < 4.78 is 6.74. The van der Waals surface area contributed by atoms with Crippen LogP contribution in [0.3, 0.4) is 0 Å². The molecule has 2 aromatic rings. The highest BCUT2D eigenvalue weighted by Gasteiger charge is 2.10. The Morgan fingerprint density at radius 3 is 2.43 bits per heavy atom. The van der Waals surface area contributed by atoms with Crippen LogP contribution < -0.4 is 33.9 Å². The first-order valence-electron chi connectivity index (χ1n) is 6.12. The predicted molar refractivity (Wildman–Crippen MR) is 71.8 cm³/mol. The van der Waals surface area contributed by atoms with Crippen molar-refractivity contribution >= 4 is 11.9 Å². The van der Waals surface area contributed by atoms with Gasteiger partial charge in [-0.05, 0) is 18.2 Å². The number of halogens is 1. The van der Waals surface area contributed by atoms with Crippen LogP contribution in [0, 0.1) is 0 Å². The number of aromatic nitrogens is 1. The van der Waals surface area contributed by atoms with Gasteiger partial charge in [0.15, 0.2) is 19.1 Å². The summed E-state index contributed by atoms with van der Waals surface area (Å²) in [5.74, 6) is -0.758. The molecule has 1 aromatic heterocycles. The van der Waals surface area contributed by atoms with Crippen LogP contribution in [0.1, 0.15) is 20.7 Å². The van der Waals surface area contributed by atoms with E-state index in [1.54, 1.807) is 47.2 Å². The number of amides is 1. The fraction of sp³-hybridized carbons (Fsp3) is 0.133. The van der Waals surface area contributed by atoms with E-state index in [1.165, 1.54) is 0 Å². The lowest BCUT2D eigenvalue weighted by Gasteiger charge is -2.06. The summed E-state index contributed by atoms with van der Waals surface area (Å²) in [5.41, 5.74) is 0.957. The van der Waals surface area contributed by atoms with Gasteiger partial charge in [-0.15, -0.1) is 0 Å². The Labute approximate surface area is 140 Å². The summed E-state index contributed by atoms with van der Waals surface area (Å²) in [6, 6.07) is 12.1. The number of carbonyl (C=O) groups excluding carboxylic acids is 2. The van der Waals surface area contributed by atoms with Crippen LogP contribution in [0.15, 0.2) is 54.9 Å². The summed E-state index contributed by atoms with van der Waals surface area (Å²) in [5, 5.41) is 2.53. The van der Waals surface area contributed by atoms with Gasteiger partial charge >= 0.3 is 5.97 Å². The maximum Gasteiger partial charge on any atom is 0.339 e. The smallest absolute Gasteiger partial charge is 0.339 e.